The third-order valence-electron chi connectivity index (χ3n) is 2.50. The van der Waals surface area contributed by atoms with E-state index in [9.17, 15) is 9.59 Å². The van der Waals surface area contributed by atoms with Crippen LogP contribution in [0.4, 0.5) is 0 Å². The van der Waals surface area contributed by atoms with Gasteiger partial charge in [0.1, 0.15) is 0 Å². The van der Waals surface area contributed by atoms with Crippen molar-refractivity contribution in [1.82, 2.24) is 0 Å². The highest BCUT2D eigenvalue weighted by Crippen LogP contribution is 2.24. The lowest BCUT2D eigenvalue weighted by Crippen LogP contribution is -2.37. The Morgan fingerprint density at radius 2 is 1.31 bits per heavy atom. The van der Waals surface area contributed by atoms with E-state index < -0.39 is 38.4 Å². The topological polar surface area (TPSA) is 71.1 Å². The first-order valence-corrected chi connectivity index (χ1v) is 5.37. The summed E-state index contributed by atoms with van der Waals surface area (Å²) >= 11 is 0. The second kappa shape index (κ2) is 4.47. The average Bonchev–Trinajstić information content (AvgIpc) is 2.81. The van der Waals surface area contributed by atoms with E-state index in [2.05, 4.69) is 0 Å². The van der Waals surface area contributed by atoms with Gasteiger partial charge in [-0.15, -0.1) is 0 Å². The van der Waals surface area contributed by atoms with E-state index in [1.165, 1.54) is 0 Å². The van der Waals surface area contributed by atoms with Gasteiger partial charge in [0.15, 0.2) is 12.2 Å². The molecule has 0 N–H and O–H groups in total. The first-order valence-electron chi connectivity index (χ1n) is 5.37. The minimum Gasteiger partial charge on any atom is -0.507 e. The smallest absolute Gasteiger partial charge is 0.507 e. The molecule has 2 heterocycles. The molecule has 2 atom stereocenters. The van der Waals surface area contributed by atoms with Crippen LogP contribution in [0.2, 0.25) is 12.6 Å². The van der Waals surface area contributed by atoms with E-state index in [1.807, 2.05) is 13.8 Å². The van der Waals surface area contributed by atoms with Crippen LogP contribution < -0.4 is 0 Å². The summed E-state index contributed by atoms with van der Waals surface area (Å²) in [6.45, 7) is 3.64. The predicted octanol–water partition coefficient (Wildman–Crippen LogP) is -0.113. The zero-order chi connectivity index (χ0) is 11.7. The van der Waals surface area contributed by atoms with Crippen molar-refractivity contribution in [2.75, 3.05) is 0 Å². The molecule has 2 saturated heterocycles. The van der Waals surface area contributed by atoms with Crippen LogP contribution >= 0.6 is 0 Å². The van der Waals surface area contributed by atoms with Crippen LogP contribution in [0.15, 0.2) is 0 Å². The van der Waals surface area contributed by atoms with Crippen LogP contribution in [-0.2, 0) is 28.2 Å². The maximum Gasteiger partial charge on any atom is 0.527 e. The van der Waals surface area contributed by atoms with Crippen molar-refractivity contribution < 1.29 is 28.2 Å². The number of carbonyl (C=O) groups excluding carboxylic acids is 2. The third kappa shape index (κ3) is 1.94. The Hall–Kier alpha value is -1.01. The van der Waals surface area contributed by atoms with E-state index in [0.717, 1.165) is 0 Å². The molecule has 0 saturated carbocycles. The average molecular weight is 226 g/mol. The fraction of sp³-hybridized carbons (Fsp3) is 0.750. The molecular weight excluding hydrogens is 214 g/mol. The lowest BCUT2D eigenvalue weighted by Gasteiger charge is -2.11. The molecule has 0 bridgehead atoms. The summed E-state index contributed by atoms with van der Waals surface area (Å²) in [5.74, 6) is -1.13. The maximum atomic E-state index is 11.4. The number of hydrogen-bond acceptors (Lipinski definition) is 6. The van der Waals surface area contributed by atoms with Crippen molar-refractivity contribution in [3.8, 4) is 0 Å². The van der Waals surface area contributed by atoms with Gasteiger partial charge in [-0.05, 0) is 12.6 Å². The Morgan fingerprint density at radius 3 is 1.56 bits per heavy atom. The molecule has 2 unspecified atom stereocenters. The molecule has 0 aromatic rings. The van der Waals surface area contributed by atoms with Crippen molar-refractivity contribution in [3.05, 3.63) is 0 Å². The molecule has 0 aromatic carbocycles. The lowest BCUT2D eigenvalue weighted by molar-refractivity contribution is -0.147. The van der Waals surface area contributed by atoms with Gasteiger partial charge < -0.3 is 18.6 Å². The normalized spacial score (nSPS) is 29.6. The Morgan fingerprint density at radius 1 is 0.938 bits per heavy atom. The third-order valence-corrected chi connectivity index (χ3v) is 2.50. The molecule has 6 nitrogen and oxygen atoms in total. The van der Waals surface area contributed by atoms with E-state index in [0.29, 0.717) is 12.6 Å². The highest BCUT2D eigenvalue weighted by Gasteiger charge is 2.52. The Bertz CT molecular complexity index is 279. The van der Waals surface area contributed by atoms with Gasteiger partial charge in [0.25, 0.3) is 0 Å². The molecule has 0 spiro atoms. The van der Waals surface area contributed by atoms with Crippen molar-refractivity contribution >= 4 is 26.2 Å². The van der Waals surface area contributed by atoms with Crippen LogP contribution in [-0.4, -0.2) is 38.4 Å². The highest BCUT2D eigenvalue weighted by molar-refractivity contribution is 6.50. The number of rotatable bonds is 3. The molecule has 2 aliphatic heterocycles. The molecule has 0 aliphatic carbocycles. The van der Waals surface area contributed by atoms with Crippen molar-refractivity contribution in [2.24, 2.45) is 0 Å². The van der Waals surface area contributed by atoms with Gasteiger partial charge in [-0.2, -0.15) is 0 Å². The molecule has 0 aromatic heterocycles. The molecule has 2 rings (SSSR count). The molecule has 0 radical (unpaired) electrons. The number of hydrogen-bond donors (Lipinski definition) is 0. The number of carbonyl (C=O) groups is 2. The Balaban J connectivity index is 2.03. The van der Waals surface area contributed by atoms with E-state index in [1.54, 1.807) is 0 Å². The van der Waals surface area contributed by atoms with Gasteiger partial charge in [0, 0.05) is 0 Å². The van der Waals surface area contributed by atoms with Crippen LogP contribution in [0.5, 0.6) is 0 Å². The molecule has 2 fully saturated rings. The van der Waals surface area contributed by atoms with E-state index in [-0.39, 0.29) is 0 Å². The van der Waals surface area contributed by atoms with Gasteiger partial charge in [-0.25, -0.2) is 0 Å². The van der Waals surface area contributed by atoms with Crippen LogP contribution in [0.3, 0.4) is 0 Å². The molecule has 2 aliphatic rings. The molecule has 86 valence electrons. The fourth-order valence-corrected chi connectivity index (χ4v) is 1.64. The standard InChI is InChI=1S/C8H12B2O6/c1-3-9-13-5(7(11)15-9)6-8(12)16-10(4-2)14-6/h5-6H,3-4H2,1-2H3. The summed E-state index contributed by atoms with van der Waals surface area (Å²) in [6, 6.07) is 0. The first kappa shape index (κ1) is 11.5. The van der Waals surface area contributed by atoms with Crippen LogP contribution in [0.1, 0.15) is 13.8 Å². The van der Waals surface area contributed by atoms with Gasteiger partial charge in [-0.1, -0.05) is 13.8 Å². The summed E-state index contributed by atoms with van der Waals surface area (Å²) in [6.07, 6.45) is -0.898. The minimum absolute atomic E-state index is 0.543. The van der Waals surface area contributed by atoms with E-state index >= 15 is 0 Å². The lowest BCUT2D eigenvalue weighted by atomic mass is 9.86. The molecule has 0 amide bonds. The van der Waals surface area contributed by atoms with Crippen molar-refractivity contribution in [3.63, 3.8) is 0 Å². The summed E-state index contributed by atoms with van der Waals surface area (Å²) < 4.78 is 20.4. The highest BCUT2D eigenvalue weighted by atomic mass is 16.7. The molecule has 16 heavy (non-hydrogen) atoms. The summed E-state index contributed by atoms with van der Waals surface area (Å²) in [7, 11) is -1.18. The quantitative estimate of drug-likeness (QED) is 0.625. The predicted molar refractivity (Wildman–Crippen MR) is 54.4 cm³/mol. The van der Waals surface area contributed by atoms with Gasteiger partial charge in [-0.3, -0.25) is 9.59 Å². The largest absolute Gasteiger partial charge is 0.527 e. The fourth-order valence-electron chi connectivity index (χ4n) is 1.64. The summed E-state index contributed by atoms with van der Waals surface area (Å²) in [5.41, 5.74) is 0. The van der Waals surface area contributed by atoms with Gasteiger partial charge >= 0.3 is 26.2 Å². The second-order valence-corrected chi connectivity index (χ2v) is 3.66. The summed E-state index contributed by atoms with van der Waals surface area (Å²) in [4.78, 5) is 22.9. The molecule has 8 heteroatoms. The Labute approximate surface area is 93.8 Å². The van der Waals surface area contributed by atoms with Gasteiger partial charge in [0.05, 0.1) is 0 Å². The zero-order valence-electron chi connectivity index (χ0n) is 9.17. The molecular formula is C8H12B2O6. The maximum absolute atomic E-state index is 11.4. The second-order valence-electron chi connectivity index (χ2n) is 3.66. The van der Waals surface area contributed by atoms with Crippen LogP contribution in [0.25, 0.3) is 0 Å². The minimum atomic E-state index is -0.992. The SMILES string of the molecule is CCB1OC(=O)C(C2OB(CC)OC2=O)O1. The van der Waals surface area contributed by atoms with E-state index in [4.69, 9.17) is 18.6 Å². The summed E-state index contributed by atoms with van der Waals surface area (Å²) in [5, 5.41) is 0. The van der Waals surface area contributed by atoms with Crippen LogP contribution in [0, 0.1) is 0 Å². The monoisotopic (exact) mass is 226 g/mol. The first-order chi connectivity index (χ1) is 7.65. The van der Waals surface area contributed by atoms with Gasteiger partial charge in [0.2, 0.25) is 0 Å². The zero-order valence-corrected chi connectivity index (χ0v) is 9.17. The Kier molecular flexibility index (Phi) is 3.20. The van der Waals surface area contributed by atoms with Crippen molar-refractivity contribution in [1.29, 1.82) is 0 Å². The van der Waals surface area contributed by atoms with Crippen molar-refractivity contribution in [2.45, 2.75) is 38.7 Å².